The van der Waals surface area contributed by atoms with Crippen LogP contribution in [-0.4, -0.2) is 25.2 Å². The largest absolute Gasteiger partial charge is 0.376 e. The highest BCUT2D eigenvalue weighted by Crippen LogP contribution is 2.59. The molecule has 0 aromatic rings. The molecule has 18 heavy (non-hydrogen) atoms. The van der Waals surface area contributed by atoms with Gasteiger partial charge in [0.05, 0.1) is 12.0 Å². The Morgan fingerprint density at radius 3 is 2.78 bits per heavy atom. The van der Waals surface area contributed by atoms with Gasteiger partial charge in [-0.25, -0.2) is 0 Å². The van der Waals surface area contributed by atoms with Gasteiger partial charge >= 0.3 is 0 Å². The van der Waals surface area contributed by atoms with Gasteiger partial charge in [0.15, 0.2) is 0 Å². The highest BCUT2D eigenvalue weighted by molar-refractivity contribution is 6.55. The van der Waals surface area contributed by atoms with Crippen molar-refractivity contribution in [3.63, 3.8) is 0 Å². The van der Waals surface area contributed by atoms with Gasteiger partial charge < -0.3 is 10.1 Å². The predicted octanol–water partition coefficient (Wildman–Crippen LogP) is 2.87. The maximum absolute atomic E-state index is 12.1. The van der Waals surface area contributed by atoms with Gasteiger partial charge in [0.25, 0.3) is 0 Å². The molecule has 1 N–H and O–H groups in total. The monoisotopic (exact) mass is 291 g/mol. The number of allylic oxidation sites excluding steroid dienone is 1. The van der Waals surface area contributed by atoms with Crippen LogP contribution in [-0.2, 0) is 9.53 Å². The molecule has 1 saturated heterocycles. The topological polar surface area (TPSA) is 38.3 Å². The van der Waals surface area contributed by atoms with Gasteiger partial charge in [-0.1, -0.05) is 37.0 Å². The maximum atomic E-state index is 12.1. The van der Waals surface area contributed by atoms with E-state index in [0.29, 0.717) is 6.54 Å². The molecule has 5 heteroatoms. The van der Waals surface area contributed by atoms with Gasteiger partial charge in [0, 0.05) is 13.2 Å². The summed E-state index contributed by atoms with van der Waals surface area (Å²) in [5, 5.41) is 2.97. The first-order valence-corrected chi connectivity index (χ1v) is 7.10. The lowest BCUT2D eigenvalue weighted by Gasteiger charge is -2.11. The summed E-state index contributed by atoms with van der Waals surface area (Å²) in [5.74, 6) is 0.171. The molecule has 0 radical (unpaired) electrons. The Kier molecular flexibility index (Phi) is 4.25. The third-order valence-corrected chi connectivity index (χ3v) is 4.28. The average Bonchev–Trinajstić information content (AvgIpc) is 2.70. The molecule has 1 amide bonds. The Balaban J connectivity index is 1.84. The van der Waals surface area contributed by atoms with Crippen LogP contribution in [0, 0.1) is 17.3 Å². The minimum Gasteiger partial charge on any atom is -0.376 e. The van der Waals surface area contributed by atoms with Crippen LogP contribution in [0.25, 0.3) is 0 Å². The number of carbonyl (C=O) groups excluding carboxylic acids is 1. The predicted molar refractivity (Wildman–Crippen MR) is 72.5 cm³/mol. The molecule has 1 saturated carbocycles. The Bertz CT molecular complexity index is 358. The van der Waals surface area contributed by atoms with Gasteiger partial charge in [-0.15, -0.1) is 0 Å². The molecule has 2 aliphatic rings. The van der Waals surface area contributed by atoms with Crippen molar-refractivity contribution in [3.05, 3.63) is 10.6 Å². The molecule has 0 bridgehead atoms. The molecule has 102 valence electrons. The van der Waals surface area contributed by atoms with Crippen LogP contribution < -0.4 is 5.32 Å². The second-order valence-electron chi connectivity index (χ2n) is 5.66. The summed E-state index contributed by atoms with van der Waals surface area (Å²) < 4.78 is 5.72. The summed E-state index contributed by atoms with van der Waals surface area (Å²) in [4.78, 5) is 12.1. The number of carbonyl (C=O) groups is 1. The minimum absolute atomic E-state index is 0.0357. The third kappa shape index (κ3) is 3.01. The van der Waals surface area contributed by atoms with Gasteiger partial charge in [-0.3, -0.25) is 4.79 Å². The molecule has 3 nitrogen and oxygen atoms in total. The minimum atomic E-state index is -0.0599. The highest BCUT2D eigenvalue weighted by Gasteiger charge is 2.60. The Hall–Kier alpha value is -0.250. The summed E-state index contributed by atoms with van der Waals surface area (Å²) >= 11 is 11.3. The summed E-state index contributed by atoms with van der Waals surface area (Å²) in [6.07, 6.45) is 4.06. The Labute approximate surface area is 118 Å². The smallest absolute Gasteiger partial charge is 0.224 e. The summed E-state index contributed by atoms with van der Waals surface area (Å²) in [5.41, 5.74) is -0.0599. The van der Waals surface area contributed by atoms with Crippen molar-refractivity contribution in [2.24, 2.45) is 17.3 Å². The van der Waals surface area contributed by atoms with Crippen LogP contribution in [0.4, 0.5) is 0 Å². The maximum Gasteiger partial charge on any atom is 0.224 e. The van der Waals surface area contributed by atoms with E-state index in [4.69, 9.17) is 27.9 Å². The van der Waals surface area contributed by atoms with Crippen LogP contribution >= 0.6 is 23.2 Å². The van der Waals surface area contributed by atoms with E-state index in [0.717, 1.165) is 19.4 Å². The molecule has 2 rings (SSSR count). The summed E-state index contributed by atoms with van der Waals surface area (Å²) in [7, 11) is 0. The number of amides is 1. The third-order valence-electron chi connectivity index (χ3n) is 4.03. The highest BCUT2D eigenvalue weighted by atomic mass is 35.5. The van der Waals surface area contributed by atoms with E-state index < -0.39 is 0 Å². The SMILES string of the molecule is CC1(C)[C@@H](C=C(Cl)Cl)[C@@H]1C(=O)NC[C@@H]1CCCO1. The van der Waals surface area contributed by atoms with Crippen molar-refractivity contribution in [3.8, 4) is 0 Å². The number of halogens is 2. The average molecular weight is 292 g/mol. The molecule has 0 spiro atoms. The van der Waals surface area contributed by atoms with E-state index in [1.807, 2.05) is 0 Å². The molecule has 0 aromatic carbocycles. The van der Waals surface area contributed by atoms with Gasteiger partial charge in [-0.05, 0) is 30.3 Å². The lowest BCUT2D eigenvalue weighted by molar-refractivity contribution is -0.123. The van der Waals surface area contributed by atoms with E-state index in [1.54, 1.807) is 6.08 Å². The molecular weight excluding hydrogens is 273 g/mol. The van der Waals surface area contributed by atoms with Crippen LogP contribution in [0.5, 0.6) is 0 Å². The van der Waals surface area contributed by atoms with E-state index in [-0.39, 0.29) is 33.8 Å². The molecule has 1 aliphatic heterocycles. The molecular formula is C13H19Cl2NO2. The van der Waals surface area contributed by atoms with Crippen LogP contribution in [0.2, 0.25) is 0 Å². The van der Waals surface area contributed by atoms with Crippen LogP contribution in [0.3, 0.4) is 0 Å². The molecule has 0 aromatic heterocycles. The van der Waals surface area contributed by atoms with Gasteiger partial charge in [0.2, 0.25) is 5.91 Å². The van der Waals surface area contributed by atoms with E-state index in [1.165, 1.54) is 0 Å². The molecule has 1 aliphatic carbocycles. The van der Waals surface area contributed by atoms with Crippen LogP contribution in [0.1, 0.15) is 26.7 Å². The van der Waals surface area contributed by atoms with Crippen molar-refractivity contribution in [2.75, 3.05) is 13.2 Å². The zero-order valence-corrected chi connectivity index (χ0v) is 12.2. The standard InChI is InChI=1S/C13H19Cl2NO2/c1-13(2)9(6-10(14)15)11(13)12(17)16-7-8-4-3-5-18-8/h6,8-9,11H,3-5,7H2,1-2H3,(H,16,17)/t8-,9-,11+/m0/s1. The zero-order valence-electron chi connectivity index (χ0n) is 10.7. The van der Waals surface area contributed by atoms with Gasteiger partial charge in [-0.2, -0.15) is 0 Å². The fourth-order valence-electron chi connectivity index (χ4n) is 2.75. The normalized spacial score (nSPS) is 33.0. The zero-order chi connectivity index (χ0) is 13.3. The number of rotatable bonds is 4. The lowest BCUT2D eigenvalue weighted by atomic mass is 10.1. The molecule has 1 heterocycles. The first-order valence-electron chi connectivity index (χ1n) is 6.35. The van der Waals surface area contributed by atoms with Crippen molar-refractivity contribution >= 4 is 29.1 Å². The quantitative estimate of drug-likeness (QED) is 0.865. The Morgan fingerprint density at radius 1 is 1.50 bits per heavy atom. The van der Waals surface area contributed by atoms with Crippen molar-refractivity contribution in [1.82, 2.24) is 5.32 Å². The van der Waals surface area contributed by atoms with Gasteiger partial charge in [0.1, 0.15) is 4.49 Å². The Morgan fingerprint density at radius 2 is 2.22 bits per heavy atom. The lowest BCUT2D eigenvalue weighted by Crippen LogP contribution is -2.33. The number of hydrogen-bond acceptors (Lipinski definition) is 2. The van der Waals surface area contributed by atoms with Crippen molar-refractivity contribution in [1.29, 1.82) is 0 Å². The van der Waals surface area contributed by atoms with Crippen molar-refractivity contribution in [2.45, 2.75) is 32.8 Å². The second-order valence-corrected chi connectivity index (χ2v) is 6.67. The molecule has 2 fully saturated rings. The van der Waals surface area contributed by atoms with E-state index in [9.17, 15) is 4.79 Å². The second kappa shape index (κ2) is 5.40. The van der Waals surface area contributed by atoms with E-state index in [2.05, 4.69) is 19.2 Å². The first-order chi connectivity index (χ1) is 8.43. The summed E-state index contributed by atoms with van der Waals surface area (Å²) in [6.45, 7) is 5.53. The fourth-order valence-corrected chi connectivity index (χ4v) is 3.03. The van der Waals surface area contributed by atoms with Crippen LogP contribution in [0.15, 0.2) is 10.6 Å². The molecule has 3 atom stereocenters. The summed E-state index contributed by atoms with van der Waals surface area (Å²) in [6, 6.07) is 0. The van der Waals surface area contributed by atoms with E-state index >= 15 is 0 Å². The first kappa shape index (κ1) is 14.2. The molecule has 0 unspecified atom stereocenters. The number of hydrogen-bond donors (Lipinski definition) is 1. The van der Waals surface area contributed by atoms with Crippen molar-refractivity contribution < 1.29 is 9.53 Å². The number of ether oxygens (including phenoxy) is 1. The fraction of sp³-hybridized carbons (Fsp3) is 0.769. The number of nitrogens with one attached hydrogen (secondary N) is 1.